The van der Waals surface area contributed by atoms with Crippen molar-refractivity contribution >= 4 is 0 Å². The van der Waals surface area contributed by atoms with Gasteiger partial charge in [0.25, 0.3) is 0 Å². The van der Waals surface area contributed by atoms with E-state index in [0.717, 1.165) is 5.92 Å². The Hall–Kier alpha value is -0.260. The fourth-order valence-electron chi connectivity index (χ4n) is 2.03. The van der Waals surface area contributed by atoms with Crippen molar-refractivity contribution in [2.75, 3.05) is 0 Å². The Bertz CT molecular complexity index is 146. The smallest absolute Gasteiger partial charge is 0.0353 e. The third-order valence-electron chi connectivity index (χ3n) is 3.40. The van der Waals surface area contributed by atoms with E-state index in [-0.39, 0.29) is 0 Å². The Kier molecular flexibility index (Phi) is 22.2. The molecule has 0 aromatic rings. The summed E-state index contributed by atoms with van der Waals surface area (Å²) in [5, 5.41) is 0. The second kappa shape index (κ2) is 20.1. The standard InChI is InChI=1S/C12H24.C7H16/c1-3-5-7-9-11-12-10-8-6-4-2;1-4-5-6-7(2)3/h3H,1,4-12H2,2H3;7H,4-6H2,1-3H3. The van der Waals surface area contributed by atoms with Gasteiger partial charge < -0.3 is 0 Å². The molecule has 0 amide bonds. The van der Waals surface area contributed by atoms with Gasteiger partial charge in [0.05, 0.1) is 0 Å². The first-order chi connectivity index (χ1) is 9.18. The summed E-state index contributed by atoms with van der Waals surface area (Å²) in [7, 11) is 0. The van der Waals surface area contributed by atoms with Gasteiger partial charge in [-0.1, -0.05) is 98.0 Å². The molecule has 0 unspecified atom stereocenters. The van der Waals surface area contributed by atoms with Crippen molar-refractivity contribution in [1.82, 2.24) is 0 Å². The third-order valence-corrected chi connectivity index (χ3v) is 3.40. The lowest BCUT2D eigenvalue weighted by Crippen LogP contribution is -1.83. The van der Waals surface area contributed by atoms with E-state index in [4.69, 9.17) is 0 Å². The fraction of sp³-hybridized carbons (Fsp3) is 0.895. The minimum atomic E-state index is 0.903. The van der Waals surface area contributed by atoms with Gasteiger partial charge in [-0.3, -0.25) is 0 Å². The monoisotopic (exact) mass is 268 g/mol. The summed E-state index contributed by atoms with van der Waals surface area (Å²) in [4.78, 5) is 0. The summed E-state index contributed by atoms with van der Waals surface area (Å²) in [5.41, 5.74) is 0. The Morgan fingerprint density at radius 3 is 1.58 bits per heavy atom. The van der Waals surface area contributed by atoms with Crippen LogP contribution >= 0.6 is 0 Å². The molecule has 0 saturated heterocycles. The summed E-state index contributed by atoms with van der Waals surface area (Å²) in [6, 6.07) is 0. The summed E-state index contributed by atoms with van der Waals surface area (Å²) in [6.07, 6.45) is 18.7. The van der Waals surface area contributed by atoms with Crippen LogP contribution < -0.4 is 0 Å². The maximum atomic E-state index is 3.72. The molecular formula is C19H40. The lowest BCUT2D eigenvalue weighted by atomic mass is 10.1. The van der Waals surface area contributed by atoms with E-state index in [2.05, 4.69) is 34.3 Å². The average Bonchev–Trinajstić information content (AvgIpc) is 2.40. The van der Waals surface area contributed by atoms with Gasteiger partial charge in [-0.15, -0.1) is 6.58 Å². The molecule has 0 rings (SSSR count). The molecular weight excluding hydrogens is 228 g/mol. The number of hydrogen-bond acceptors (Lipinski definition) is 0. The number of allylic oxidation sites excluding steroid dienone is 1. The zero-order valence-corrected chi connectivity index (χ0v) is 14.3. The minimum absolute atomic E-state index is 0.903. The van der Waals surface area contributed by atoms with Gasteiger partial charge in [0.1, 0.15) is 0 Å². The van der Waals surface area contributed by atoms with Crippen LogP contribution in [-0.4, -0.2) is 0 Å². The molecule has 0 heteroatoms. The summed E-state index contributed by atoms with van der Waals surface area (Å²) < 4.78 is 0. The van der Waals surface area contributed by atoms with E-state index in [1.54, 1.807) is 0 Å². The SMILES string of the molecule is C=CCCCCCCCCCC.CCCCC(C)C. The normalized spacial score (nSPS) is 10.2. The fourth-order valence-corrected chi connectivity index (χ4v) is 2.03. The summed E-state index contributed by atoms with van der Waals surface area (Å²) in [6.45, 7) is 12.8. The Morgan fingerprint density at radius 2 is 1.21 bits per heavy atom. The lowest BCUT2D eigenvalue weighted by molar-refractivity contribution is 0.550. The van der Waals surface area contributed by atoms with E-state index in [0.29, 0.717) is 0 Å². The van der Waals surface area contributed by atoms with E-state index in [9.17, 15) is 0 Å². The molecule has 0 aromatic heterocycles. The van der Waals surface area contributed by atoms with Gasteiger partial charge in [0.15, 0.2) is 0 Å². The second-order valence-electron chi connectivity index (χ2n) is 6.09. The van der Waals surface area contributed by atoms with Crippen molar-refractivity contribution in [1.29, 1.82) is 0 Å². The number of hydrogen-bond donors (Lipinski definition) is 0. The molecule has 116 valence electrons. The molecule has 0 spiro atoms. The van der Waals surface area contributed by atoms with E-state index >= 15 is 0 Å². The van der Waals surface area contributed by atoms with Crippen LogP contribution in [0, 0.1) is 5.92 Å². The first-order valence-corrected chi connectivity index (χ1v) is 8.79. The van der Waals surface area contributed by atoms with Gasteiger partial charge in [-0.25, -0.2) is 0 Å². The van der Waals surface area contributed by atoms with Gasteiger partial charge in [-0.2, -0.15) is 0 Å². The molecule has 0 saturated carbocycles. The van der Waals surface area contributed by atoms with Crippen molar-refractivity contribution in [3.63, 3.8) is 0 Å². The second-order valence-corrected chi connectivity index (χ2v) is 6.09. The van der Waals surface area contributed by atoms with Gasteiger partial charge in [0.2, 0.25) is 0 Å². The first kappa shape index (κ1) is 21.0. The maximum absolute atomic E-state index is 3.72. The van der Waals surface area contributed by atoms with Crippen LogP contribution in [0.2, 0.25) is 0 Å². The predicted molar refractivity (Wildman–Crippen MR) is 91.8 cm³/mol. The zero-order chi connectivity index (χ0) is 14.8. The van der Waals surface area contributed by atoms with E-state index < -0.39 is 0 Å². The molecule has 0 fully saturated rings. The largest absolute Gasteiger partial charge is 0.103 e. The van der Waals surface area contributed by atoms with Gasteiger partial charge in [0, 0.05) is 0 Å². The number of unbranched alkanes of at least 4 members (excludes halogenated alkanes) is 9. The average molecular weight is 269 g/mol. The van der Waals surface area contributed by atoms with Gasteiger partial charge >= 0.3 is 0 Å². The van der Waals surface area contributed by atoms with Crippen LogP contribution in [0.1, 0.15) is 105 Å². The van der Waals surface area contributed by atoms with Crippen molar-refractivity contribution in [2.45, 2.75) is 105 Å². The highest BCUT2D eigenvalue weighted by atomic mass is 14.0. The molecule has 0 atom stereocenters. The summed E-state index contributed by atoms with van der Waals surface area (Å²) >= 11 is 0. The van der Waals surface area contributed by atoms with Crippen LogP contribution in [-0.2, 0) is 0 Å². The molecule has 19 heavy (non-hydrogen) atoms. The van der Waals surface area contributed by atoms with Crippen molar-refractivity contribution < 1.29 is 0 Å². The lowest BCUT2D eigenvalue weighted by Gasteiger charge is -1.99. The summed E-state index contributed by atoms with van der Waals surface area (Å²) in [5.74, 6) is 0.903. The molecule has 0 nitrogen and oxygen atoms in total. The molecule has 0 aromatic carbocycles. The highest BCUT2D eigenvalue weighted by Gasteiger charge is 1.89. The van der Waals surface area contributed by atoms with E-state index in [1.165, 1.54) is 77.0 Å². The molecule has 0 aliphatic heterocycles. The van der Waals surface area contributed by atoms with Crippen molar-refractivity contribution in [3.8, 4) is 0 Å². The minimum Gasteiger partial charge on any atom is -0.103 e. The molecule has 0 radical (unpaired) electrons. The Morgan fingerprint density at radius 1 is 0.737 bits per heavy atom. The van der Waals surface area contributed by atoms with Crippen LogP contribution in [0.4, 0.5) is 0 Å². The van der Waals surface area contributed by atoms with Crippen LogP contribution in [0.15, 0.2) is 12.7 Å². The molecule has 0 heterocycles. The van der Waals surface area contributed by atoms with Gasteiger partial charge in [-0.05, 0) is 18.8 Å². The van der Waals surface area contributed by atoms with Crippen LogP contribution in [0.25, 0.3) is 0 Å². The van der Waals surface area contributed by atoms with Crippen LogP contribution in [0.3, 0.4) is 0 Å². The Labute approximate surface area is 124 Å². The predicted octanol–water partition coefficient (Wildman–Crippen LogP) is 7.54. The third kappa shape index (κ3) is 27.1. The zero-order valence-electron chi connectivity index (χ0n) is 14.3. The number of rotatable bonds is 12. The van der Waals surface area contributed by atoms with E-state index in [1.807, 2.05) is 6.08 Å². The maximum Gasteiger partial charge on any atom is -0.0353 e. The molecule has 0 bridgehead atoms. The first-order valence-electron chi connectivity index (χ1n) is 8.79. The van der Waals surface area contributed by atoms with Crippen molar-refractivity contribution in [2.24, 2.45) is 5.92 Å². The highest BCUT2D eigenvalue weighted by Crippen LogP contribution is 2.09. The Balaban J connectivity index is 0. The topological polar surface area (TPSA) is 0 Å². The van der Waals surface area contributed by atoms with Crippen LogP contribution in [0.5, 0.6) is 0 Å². The molecule has 0 aliphatic rings. The quantitative estimate of drug-likeness (QED) is 0.253. The molecule has 0 aliphatic carbocycles. The molecule has 0 N–H and O–H groups in total. The highest BCUT2D eigenvalue weighted by molar-refractivity contribution is 4.65. The van der Waals surface area contributed by atoms with Crippen molar-refractivity contribution in [3.05, 3.63) is 12.7 Å².